The van der Waals surface area contributed by atoms with Crippen molar-refractivity contribution in [2.24, 2.45) is 0 Å². The monoisotopic (exact) mass is 358 g/mol. The normalized spacial score (nSPS) is 12.4. The predicted molar refractivity (Wildman–Crippen MR) is 107 cm³/mol. The van der Waals surface area contributed by atoms with Crippen LogP contribution in [0.3, 0.4) is 0 Å². The number of hydrogen-bond acceptors (Lipinski definition) is 3. The van der Waals surface area contributed by atoms with Crippen molar-refractivity contribution in [1.82, 2.24) is 5.32 Å². The van der Waals surface area contributed by atoms with E-state index in [1.54, 1.807) is 0 Å². The van der Waals surface area contributed by atoms with Crippen molar-refractivity contribution in [2.75, 3.05) is 5.32 Å². The van der Waals surface area contributed by atoms with Gasteiger partial charge < -0.3 is 15.4 Å². The molecule has 1 aliphatic heterocycles. The molecule has 0 radical (unpaired) electrons. The summed E-state index contributed by atoms with van der Waals surface area (Å²) in [5.74, 6) is 0.866. The fourth-order valence-electron chi connectivity index (χ4n) is 3.36. The number of anilines is 1. The summed E-state index contributed by atoms with van der Waals surface area (Å²) in [5.41, 5.74) is 6.20. The third kappa shape index (κ3) is 3.80. The molecule has 0 unspecified atom stereocenters. The molecule has 0 aromatic heterocycles. The molecule has 0 fully saturated rings. The van der Waals surface area contributed by atoms with Gasteiger partial charge in [0.1, 0.15) is 12.4 Å². The maximum absolute atomic E-state index is 12.0. The molecular formula is C23H22N2O2. The van der Waals surface area contributed by atoms with Crippen LogP contribution in [0.15, 0.2) is 66.7 Å². The van der Waals surface area contributed by atoms with Crippen LogP contribution in [-0.4, -0.2) is 5.91 Å². The number of amides is 1. The zero-order valence-corrected chi connectivity index (χ0v) is 15.3. The third-order valence-corrected chi connectivity index (χ3v) is 4.82. The molecule has 0 saturated heterocycles. The highest BCUT2D eigenvalue weighted by Gasteiger charge is 2.21. The van der Waals surface area contributed by atoms with Gasteiger partial charge >= 0.3 is 0 Å². The number of rotatable bonds is 6. The van der Waals surface area contributed by atoms with Gasteiger partial charge in [0.05, 0.1) is 0 Å². The lowest BCUT2D eigenvalue weighted by molar-refractivity contribution is 0.0965. The number of hydrogen-bond donors (Lipinski definition) is 2. The summed E-state index contributed by atoms with van der Waals surface area (Å²) in [6, 6.07) is 22.2. The zero-order valence-electron chi connectivity index (χ0n) is 15.3. The fraction of sp³-hybridized carbons (Fsp3) is 0.174. The summed E-state index contributed by atoms with van der Waals surface area (Å²) in [4.78, 5) is 12.0. The van der Waals surface area contributed by atoms with Crippen molar-refractivity contribution in [3.8, 4) is 5.75 Å². The van der Waals surface area contributed by atoms with Gasteiger partial charge in [0.15, 0.2) is 0 Å². The number of ether oxygens (including phenoxy) is 1. The molecule has 4 rings (SSSR count). The summed E-state index contributed by atoms with van der Waals surface area (Å²) in [6.45, 7) is 3.84. The molecule has 3 aromatic carbocycles. The lowest BCUT2D eigenvalue weighted by atomic mass is 10.0. The van der Waals surface area contributed by atoms with Crippen LogP contribution < -0.4 is 15.4 Å². The van der Waals surface area contributed by atoms with Gasteiger partial charge in [-0.05, 0) is 47.4 Å². The largest absolute Gasteiger partial charge is 0.489 e. The smallest absolute Gasteiger partial charge is 0.252 e. The third-order valence-electron chi connectivity index (χ3n) is 4.82. The average Bonchev–Trinajstić information content (AvgIpc) is 3.08. The Kier molecular flexibility index (Phi) is 4.79. The van der Waals surface area contributed by atoms with E-state index in [2.05, 4.69) is 29.7 Å². The van der Waals surface area contributed by atoms with E-state index in [0.717, 1.165) is 39.3 Å². The second-order valence-electron chi connectivity index (χ2n) is 6.74. The summed E-state index contributed by atoms with van der Waals surface area (Å²) in [7, 11) is 0. The van der Waals surface area contributed by atoms with E-state index >= 15 is 0 Å². The predicted octanol–water partition coefficient (Wildman–Crippen LogP) is 4.43. The number of fused-ring (bicyclic) bond motifs is 1. The average molecular weight is 358 g/mol. The standard InChI is InChI=1S/C23H22N2O2/c1-16-12-20(27-15-17-6-3-2-4-7-17)10-11-21(16)24-13-18-8-5-9-19-14-25-23(26)22(18)19/h2-12,24H,13-15H2,1H3,(H,25,26). The maximum Gasteiger partial charge on any atom is 0.252 e. The first-order chi connectivity index (χ1) is 13.2. The van der Waals surface area contributed by atoms with Gasteiger partial charge in [-0.1, -0.05) is 48.5 Å². The molecule has 27 heavy (non-hydrogen) atoms. The summed E-state index contributed by atoms with van der Waals surface area (Å²) in [5, 5.41) is 6.33. The van der Waals surface area contributed by atoms with Gasteiger partial charge in [0.25, 0.3) is 5.91 Å². The van der Waals surface area contributed by atoms with E-state index in [1.165, 1.54) is 0 Å². The first kappa shape index (κ1) is 17.2. The van der Waals surface area contributed by atoms with Crippen LogP contribution in [0.1, 0.15) is 32.6 Å². The molecule has 0 bridgehead atoms. The van der Waals surface area contributed by atoms with Gasteiger partial charge in [-0.2, -0.15) is 0 Å². The van der Waals surface area contributed by atoms with Gasteiger partial charge in [0, 0.05) is 24.3 Å². The van der Waals surface area contributed by atoms with Crippen molar-refractivity contribution < 1.29 is 9.53 Å². The molecule has 0 atom stereocenters. The summed E-state index contributed by atoms with van der Waals surface area (Å²) in [6.07, 6.45) is 0. The van der Waals surface area contributed by atoms with Gasteiger partial charge in [-0.3, -0.25) is 4.79 Å². The Labute approximate surface area is 159 Å². The lowest BCUT2D eigenvalue weighted by Crippen LogP contribution is -2.14. The Morgan fingerprint density at radius 2 is 1.89 bits per heavy atom. The number of benzene rings is 3. The second kappa shape index (κ2) is 7.54. The Bertz CT molecular complexity index is 967. The van der Waals surface area contributed by atoms with Crippen molar-refractivity contribution in [2.45, 2.75) is 26.6 Å². The van der Waals surface area contributed by atoms with E-state index in [1.807, 2.05) is 54.6 Å². The molecule has 1 amide bonds. The van der Waals surface area contributed by atoms with E-state index in [0.29, 0.717) is 19.7 Å². The van der Waals surface area contributed by atoms with Gasteiger partial charge in [-0.25, -0.2) is 0 Å². The van der Waals surface area contributed by atoms with Crippen molar-refractivity contribution in [3.63, 3.8) is 0 Å². The molecule has 0 aliphatic carbocycles. The van der Waals surface area contributed by atoms with E-state index < -0.39 is 0 Å². The molecule has 4 nitrogen and oxygen atoms in total. The van der Waals surface area contributed by atoms with E-state index in [9.17, 15) is 4.79 Å². The van der Waals surface area contributed by atoms with Crippen LogP contribution >= 0.6 is 0 Å². The first-order valence-corrected chi connectivity index (χ1v) is 9.11. The van der Waals surface area contributed by atoms with Crippen molar-refractivity contribution in [1.29, 1.82) is 0 Å². The molecule has 1 heterocycles. The van der Waals surface area contributed by atoms with Crippen molar-refractivity contribution >= 4 is 11.6 Å². The Balaban J connectivity index is 1.42. The topological polar surface area (TPSA) is 50.4 Å². The molecule has 2 N–H and O–H groups in total. The molecule has 3 aromatic rings. The molecule has 0 spiro atoms. The van der Waals surface area contributed by atoms with Gasteiger partial charge in [-0.15, -0.1) is 0 Å². The Hall–Kier alpha value is -3.27. The highest BCUT2D eigenvalue weighted by atomic mass is 16.5. The molecular weight excluding hydrogens is 336 g/mol. The number of aryl methyl sites for hydroxylation is 1. The zero-order chi connectivity index (χ0) is 18.6. The number of carbonyl (C=O) groups is 1. The highest BCUT2D eigenvalue weighted by Crippen LogP contribution is 2.25. The minimum absolute atomic E-state index is 0.0174. The fourth-order valence-corrected chi connectivity index (χ4v) is 3.36. The SMILES string of the molecule is Cc1cc(OCc2ccccc2)ccc1NCc1cccc2c1C(=O)NC2. The Morgan fingerprint density at radius 3 is 2.70 bits per heavy atom. The molecule has 4 heteroatoms. The minimum Gasteiger partial charge on any atom is -0.489 e. The van der Waals surface area contributed by atoms with Crippen LogP contribution in [0.4, 0.5) is 5.69 Å². The van der Waals surface area contributed by atoms with Crippen LogP contribution in [0.2, 0.25) is 0 Å². The number of carbonyl (C=O) groups excluding carboxylic acids is 1. The molecule has 1 aliphatic rings. The van der Waals surface area contributed by atoms with Crippen LogP contribution in [0.25, 0.3) is 0 Å². The lowest BCUT2D eigenvalue weighted by Gasteiger charge is -2.13. The van der Waals surface area contributed by atoms with Crippen LogP contribution in [-0.2, 0) is 19.7 Å². The summed E-state index contributed by atoms with van der Waals surface area (Å²) < 4.78 is 5.88. The van der Waals surface area contributed by atoms with E-state index in [-0.39, 0.29) is 5.91 Å². The highest BCUT2D eigenvalue weighted by molar-refractivity contribution is 5.99. The van der Waals surface area contributed by atoms with Gasteiger partial charge in [0.2, 0.25) is 0 Å². The Morgan fingerprint density at radius 1 is 1.04 bits per heavy atom. The second-order valence-corrected chi connectivity index (χ2v) is 6.74. The van der Waals surface area contributed by atoms with Crippen LogP contribution in [0, 0.1) is 6.92 Å². The van der Waals surface area contributed by atoms with Crippen LogP contribution in [0.5, 0.6) is 5.75 Å². The molecule has 0 saturated carbocycles. The summed E-state index contributed by atoms with van der Waals surface area (Å²) >= 11 is 0. The minimum atomic E-state index is 0.0174. The first-order valence-electron chi connectivity index (χ1n) is 9.11. The quantitative estimate of drug-likeness (QED) is 0.685. The van der Waals surface area contributed by atoms with Crippen molar-refractivity contribution in [3.05, 3.63) is 94.5 Å². The van der Waals surface area contributed by atoms with E-state index in [4.69, 9.17) is 4.74 Å². The maximum atomic E-state index is 12.0. The molecule has 136 valence electrons. The number of nitrogens with one attached hydrogen (secondary N) is 2.